The Morgan fingerprint density at radius 1 is 1.30 bits per heavy atom. The van der Waals surface area contributed by atoms with Gasteiger partial charge in [0.1, 0.15) is 0 Å². The van der Waals surface area contributed by atoms with Crippen LogP contribution >= 0.6 is 0 Å². The summed E-state index contributed by atoms with van der Waals surface area (Å²) in [5, 5.41) is 10.1. The van der Waals surface area contributed by atoms with Gasteiger partial charge in [-0.15, -0.1) is 0 Å². The van der Waals surface area contributed by atoms with Crippen molar-refractivity contribution in [1.29, 1.82) is 0 Å². The predicted octanol–water partition coefficient (Wildman–Crippen LogP) is 2.47. The molecule has 0 atom stereocenters. The van der Waals surface area contributed by atoms with Crippen LogP contribution in [0.3, 0.4) is 0 Å². The largest absolute Gasteiger partial charge is 0.395 e. The van der Waals surface area contributed by atoms with Crippen LogP contribution in [0.1, 0.15) is 30.1 Å². The zero-order valence-electron chi connectivity index (χ0n) is 11.7. The molecule has 1 amide bonds. The van der Waals surface area contributed by atoms with Crippen molar-refractivity contribution in [3.8, 4) is 0 Å². The Kier molecular flexibility index (Phi) is 5.07. The number of fused-ring (bicyclic) bond motifs is 1. The summed E-state index contributed by atoms with van der Waals surface area (Å²) < 4.78 is 0. The molecule has 106 valence electrons. The number of aliphatic hydroxyl groups is 1. The molecule has 0 bridgehead atoms. The Bertz CT molecular complexity index is 583. The highest BCUT2D eigenvalue weighted by atomic mass is 16.3. The second-order valence-corrected chi connectivity index (χ2v) is 4.78. The highest BCUT2D eigenvalue weighted by molar-refractivity contribution is 5.97. The van der Waals surface area contributed by atoms with Gasteiger partial charge in [0, 0.05) is 30.2 Å². The molecular weight excluding hydrogens is 252 g/mol. The Morgan fingerprint density at radius 2 is 2.15 bits per heavy atom. The van der Waals surface area contributed by atoms with Crippen LogP contribution in [0.4, 0.5) is 0 Å². The fourth-order valence-electron chi connectivity index (χ4n) is 2.18. The highest BCUT2D eigenvalue weighted by Crippen LogP contribution is 2.15. The minimum Gasteiger partial charge on any atom is -0.395 e. The van der Waals surface area contributed by atoms with Crippen LogP contribution in [0.15, 0.2) is 36.5 Å². The number of unbranched alkanes of at least 4 members (excludes halogenated alkanes) is 1. The third-order valence-corrected chi connectivity index (χ3v) is 3.29. The van der Waals surface area contributed by atoms with Gasteiger partial charge in [0.25, 0.3) is 5.91 Å². The molecule has 0 saturated carbocycles. The molecule has 1 N–H and O–H groups in total. The van der Waals surface area contributed by atoms with Crippen molar-refractivity contribution in [1.82, 2.24) is 9.88 Å². The summed E-state index contributed by atoms with van der Waals surface area (Å²) in [5.74, 6) is -0.0294. The van der Waals surface area contributed by atoms with Crippen LogP contribution < -0.4 is 0 Å². The van der Waals surface area contributed by atoms with Crippen molar-refractivity contribution in [3.05, 3.63) is 42.1 Å². The monoisotopic (exact) mass is 272 g/mol. The molecule has 0 fully saturated rings. The Morgan fingerprint density at radius 3 is 2.90 bits per heavy atom. The van der Waals surface area contributed by atoms with Gasteiger partial charge in [0.05, 0.1) is 12.1 Å². The molecule has 20 heavy (non-hydrogen) atoms. The normalized spacial score (nSPS) is 10.7. The summed E-state index contributed by atoms with van der Waals surface area (Å²) in [5.41, 5.74) is 1.53. The fourth-order valence-corrected chi connectivity index (χ4v) is 2.18. The Hall–Kier alpha value is -1.94. The minimum atomic E-state index is -0.0294. The summed E-state index contributed by atoms with van der Waals surface area (Å²) in [6.45, 7) is 3.14. The number of amides is 1. The molecule has 0 aliphatic rings. The number of rotatable bonds is 6. The molecular formula is C16H20N2O2. The number of aromatic nitrogens is 1. The lowest BCUT2D eigenvalue weighted by molar-refractivity contribution is 0.0719. The minimum absolute atomic E-state index is 0.00933. The van der Waals surface area contributed by atoms with Gasteiger partial charge >= 0.3 is 0 Å². The van der Waals surface area contributed by atoms with Gasteiger partial charge < -0.3 is 10.0 Å². The molecule has 1 heterocycles. The first kappa shape index (κ1) is 14.5. The molecule has 1 aromatic carbocycles. The average Bonchev–Trinajstić information content (AvgIpc) is 2.50. The van der Waals surface area contributed by atoms with E-state index in [0.717, 1.165) is 23.7 Å². The van der Waals surface area contributed by atoms with E-state index in [9.17, 15) is 4.79 Å². The van der Waals surface area contributed by atoms with Crippen molar-refractivity contribution in [2.45, 2.75) is 19.8 Å². The number of nitrogens with zero attached hydrogens (tertiary/aromatic N) is 2. The van der Waals surface area contributed by atoms with E-state index in [2.05, 4.69) is 11.9 Å². The van der Waals surface area contributed by atoms with Gasteiger partial charge in [-0.05, 0) is 30.7 Å². The van der Waals surface area contributed by atoms with Gasteiger partial charge in [0.15, 0.2) is 0 Å². The van der Waals surface area contributed by atoms with Gasteiger partial charge in [0.2, 0.25) is 0 Å². The zero-order valence-corrected chi connectivity index (χ0v) is 11.7. The number of benzene rings is 1. The van der Waals surface area contributed by atoms with Gasteiger partial charge in [-0.1, -0.05) is 19.4 Å². The first-order valence-corrected chi connectivity index (χ1v) is 7.01. The maximum Gasteiger partial charge on any atom is 0.253 e. The molecule has 0 aliphatic carbocycles. The zero-order chi connectivity index (χ0) is 14.4. The number of aliphatic hydroxyl groups excluding tert-OH is 1. The van der Waals surface area contributed by atoms with E-state index in [1.54, 1.807) is 17.2 Å². The number of carbonyl (C=O) groups is 1. The molecule has 0 spiro atoms. The van der Waals surface area contributed by atoms with E-state index in [4.69, 9.17) is 5.11 Å². The molecule has 4 nitrogen and oxygen atoms in total. The summed E-state index contributed by atoms with van der Waals surface area (Å²) in [7, 11) is 0. The summed E-state index contributed by atoms with van der Waals surface area (Å²) in [4.78, 5) is 18.4. The van der Waals surface area contributed by atoms with E-state index in [0.29, 0.717) is 18.7 Å². The van der Waals surface area contributed by atoms with E-state index in [1.807, 2.05) is 24.3 Å². The standard InChI is InChI=1S/C16H20N2O2/c1-2-3-9-18(10-11-19)16(20)14-6-7-15-13(12-14)5-4-8-17-15/h4-8,12,19H,2-3,9-11H2,1H3. The smallest absolute Gasteiger partial charge is 0.253 e. The topological polar surface area (TPSA) is 53.4 Å². The predicted molar refractivity (Wildman–Crippen MR) is 79.6 cm³/mol. The van der Waals surface area contributed by atoms with E-state index < -0.39 is 0 Å². The van der Waals surface area contributed by atoms with Crippen LogP contribution in [0.25, 0.3) is 10.9 Å². The SMILES string of the molecule is CCCCN(CCO)C(=O)c1ccc2ncccc2c1. The maximum absolute atomic E-state index is 12.5. The molecule has 0 unspecified atom stereocenters. The molecule has 1 aromatic heterocycles. The van der Waals surface area contributed by atoms with Gasteiger partial charge in [-0.25, -0.2) is 0 Å². The van der Waals surface area contributed by atoms with Crippen LogP contribution in [0.2, 0.25) is 0 Å². The first-order chi connectivity index (χ1) is 9.76. The first-order valence-electron chi connectivity index (χ1n) is 7.01. The van der Waals surface area contributed by atoms with Crippen LogP contribution in [0.5, 0.6) is 0 Å². The van der Waals surface area contributed by atoms with Crippen LogP contribution in [0, 0.1) is 0 Å². The number of hydrogen-bond donors (Lipinski definition) is 1. The highest BCUT2D eigenvalue weighted by Gasteiger charge is 2.15. The Balaban J connectivity index is 2.23. The van der Waals surface area contributed by atoms with Crippen molar-refractivity contribution in [3.63, 3.8) is 0 Å². The van der Waals surface area contributed by atoms with E-state index in [-0.39, 0.29) is 12.5 Å². The lowest BCUT2D eigenvalue weighted by Crippen LogP contribution is -2.34. The second-order valence-electron chi connectivity index (χ2n) is 4.78. The molecule has 0 saturated heterocycles. The number of pyridine rings is 1. The fraction of sp³-hybridized carbons (Fsp3) is 0.375. The van der Waals surface area contributed by atoms with Gasteiger partial charge in [-0.2, -0.15) is 0 Å². The third-order valence-electron chi connectivity index (χ3n) is 3.29. The maximum atomic E-state index is 12.5. The number of carbonyl (C=O) groups excluding carboxylic acids is 1. The lowest BCUT2D eigenvalue weighted by Gasteiger charge is -2.21. The van der Waals surface area contributed by atoms with Crippen LogP contribution in [-0.4, -0.2) is 40.6 Å². The summed E-state index contributed by atoms with van der Waals surface area (Å²) >= 11 is 0. The Labute approximate surface area is 119 Å². The van der Waals surface area contributed by atoms with Crippen LogP contribution in [-0.2, 0) is 0 Å². The third kappa shape index (κ3) is 3.33. The van der Waals surface area contributed by atoms with Crippen molar-refractivity contribution in [2.24, 2.45) is 0 Å². The summed E-state index contributed by atoms with van der Waals surface area (Å²) in [6, 6.07) is 9.33. The van der Waals surface area contributed by atoms with Crippen molar-refractivity contribution in [2.75, 3.05) is 19.7 Å². The van der Waals surface area contributed by atoms with Crippen molar-refractivity contribution < 1.29 is 9.90 Å². The van der Waals surface area contributed by atoms with E-state index in [1.165, 1.54) is 0 Å². The summed E-state index contributed by atoms with van der Waals surface area (Å²) in [6.07, 6.45) is 3.71. The number of hydrogen-bond acceptors (Lipinski definition) is 3. The lowest BCUT2D eigenvalue weighted by atomic mass is 10.1. The molecule has 4 heteroatoms. The average molecular weight is 272 g/mol. The molecule has 2 aromatic rings. The quantitative estimate of drug-likeness (QED) is 0.879. The van der Waals surface area contributed by atoms with E-state index >= 15 is 0 Å². The van der Waals surface area contributed by atoms with Crippen molar-refractivity contribution >= 4 is 16.8 Å². The molecule has 2 rings (SSSR count). The molecule has 0 aliphatic heterocycles. The van der Waals surface area contributed by atoms with Gasteiger partial charge in [-0.3, -0.25) is 9.78 Å². The second kappa shape index (κ2) is 7.01. The molecule has 0 radical (unpaired) electrons.